The van der Waals surface area contributed by atoms with Gasteiger partial charge in [-0.15, -0.1) is 0 Å². The Labute approximate surface area is 85.2 Å². The quantitative estimate of drug-likeness (QED) is 0.633. The van der Waals surface area contributed by atoms with Gasteiger partial charge in [0.1, 0.15) is 6.61 Å². The molecule has 0 saturated carbocycles. The number of carbonyl (C=O) groups excluding carboxylic acids is 1. The number of amides is 1. The Bertz CT molecular complexity index is 171. The number of unbranched alkanes of at least 4 members (excludes halogenated alkanes) is 1. The third-order valence-electron chi connectivity index (χ3n) is 1.73. The number of nitrogens with zero attached hydrogens (tertiary/aromatic N) is 1. The Morgan fingerprint density at radius 2 is 2.29 bits per heavy atom. The molecule has 0 aromatic rings. The minimum atomic E-state index is -0.382. The highest BCUT2D eigenvalue weighted by molar-refractivity contribution is 5.67. The van der Waals surface area contributed by atoms with E-state index in [9.17, 15) is 4.79 Å². The summed E-state index contributed by atoms with van der Waals surface area (Å²) < 4.78 is 4.86. The number of hydrogen-bond acceptors (Lipinski definition) is 3. The van der Waals surface area contributed by atoms with Gasteiger partial charge in [-0.25, -0.2) is 4.79 Å². The van der Waals surface area contributed by atoms with Crippen LogP contribution in [0.25, 0.3) is 0 Å². The molecule has 0 fully saturated rings. The van der Waals surface area contributed by atoms with Crippen molar-refractivity contribution in [3.05, 3.63) is 12.7 Å². The zero-order valence-corrected chi connectivity index (χ0v) is 8.74. The van der Waals surface area contributed by atoms with Crippen LogP contribution in [0.2, 0.25) is 0 Å². The van der Waals surface area contributed by atoms with Crippen LogP contribution in [-0.4, -0.2) is 42.4 Å². The van der Waals surface area contributed by atoms with Gasteiger partial charge in [0.2, 0.25) is 0 Å². The summed E-state index contributed by atoms with van der Waals surface area (Å²) in [5, 5.41) is 8.74. The standard InChI is InChI=1S/C10H19NO3/c1-3-5-6-11(7-8-12)10(13)14-9-4-2/h4,12H,2-3,5-9H2,1H3. The maximum atomic E-state index is 11.3. The van der Waals surface area contributed by atoms with Crippen LogP contribution in [-0.2, 0) is 4.74 Å². The minimum absolute atomic E-state index is 0.0348. The largest absolute Gasteiger partial charge is 0.445 e. The van der Waals surface area contributed by atoms with Crippen molar-refractivity contribution in [1.29, 1.82) is 0 Å². The zero-order valence-electron chi connectivity index (χ0n) is 8.74. The summed E-state index contributed by atoms with van der Waals surface area (Å²) in [6, 6.07) is 0. The molecule has 14 heavy (non-hydrogen) atoms. The first-order chi connectivity index (χ1) is 6.76. The smallest absolute Gasteiger partial charge is 0.410 e. The van der Waals surface area contributed by atoms with Crippen LogP contribution in [0.1, 0.15) is 19.8 Å². The second kappa shape index (κ2) is 8.56. The molecule has 1 N–H and O–H groups in total. The molecule has 0 heterocycles. The van der Waals surface area contributed by atoms with Crippen LogP contribution in [0.5, 0.6) is 0 Å². The molecule has 0 bridgehead atoms. The number of ether oxygens (including phenoxy) is 1. The summed E-state index contributed by atoms with van der Waals surface area (Å²) in [4.78, 5) is 12.8. The minimum Gasteiger partial charge on any atom is -0.445 e. The molecule has 0 aliphatic carbocycles. The molecular weight excluding hydrogens is 182 g/mol. The molecule has 1 amide bonds. The van der Waals surface area contributed by atoms with Gasteiger partial charge in [-0.1, -0.05) is 26.0 Å². The lowest BCUT2D eigenvalue weighted by Gasteiger charge is -2.20. The first kappa shape index (κ1) is 13.0. The fourth-order valence-electron chi connectivity index (χ4n) is 0.986. The Morgan fingerprint density at radius 1 is 1.57 bits per heavy atom. The zero-order chi connectivity index (χ0) is 10.8. The number of rotatable bonds is 7. The van der Waals surface area contributed by atoms with E-state index >= 15 is 0 Å². The third-order valence-corrected chi connectivity index (χ3v) is 1.73. The van der Waals surface area contributed by atoms with Crippen molar-refractivity contribution in [2.45, 2.75) is 19.8 Å². The molecule has 4 heteroatoms. The molecule has 4 nitrogen and oxygen atoms in total. The van der Waals surface area contributed by atoms with Crippen molar-refractivity contribution in [2.24, 2.45) is 0 Å². The molecule has 0 unspecified atom stereocenters. The van der Waals surface area contributed by atoms with Crippen LogP contribution in [0.15, 0.2) is 12.7 Å². The van der Waals surface area contributed by atoms with E-state index in [-0.39, 0.29) is 19.3 Å². The third kappa shape index (κ3) is 5.59. The molecule has 0 aromatic heterocycles. The van der Waals surface area contributed by atoms with E-state index < -0.39 is 0 Å². The summed E-state index contributed by atoms with van der Waals surface area (Å²) in [6.45, 7) is 6.64. The summed E-state index contributed by atoms with van der Waals surface area (Å²) in [6.07, 6.45) is 3.07. The summed E-state index contributed by atoms with van der Waals surface area (Å²) >= 11 is 0. The van der Waals surface area contributed by atoms with Gasteiger partial charge in [-0.3, -0.25) is 0 Å². The Balaban J connectivity index is 3.89. The highest BCUT2D eigenvalue weighted by Crippen LogP contribution is 1.98. The van der Waals surface area contributed by atoms with E-state index in [1.165, 1.54) is 11.0 Å². The molecule has 0 rings (SSSR count). The number of aliphatic hydroxyl groups is 1. The van der Waals surface area contributed by atoms with Crippen molar-refractivity contribution in [3.8, 4) is 0 Å². The van der Waals surface area contributed by atoms with Gasteiger partial charge < -0.3 is 14.7 Å². The predicted octanol–water partition coefficient (Wildman–Crippen LogP) is 1.40. The summed E-state index contributed by atoms with van der Waals surface area (Å²) in [5.41, 5.74) is 0. The maximum absolute atomic E-state index is 11.3. The summed E-state index contributed by atoms with van der Waals surface area (Å²) in [7, 11) is 0. The monoisotopic (exact) mass is 201 g/mol. The highest BCUT2D eigenvalue weighted by atomic mass is 16.6. The maximum Gasteiger partial charge on any atom is 0.410 e. The van der Waals surface area contributed by atoms with Crippen molar-refractivity contribution < 1.29 is 14.6 Å². The predicted molar refractivity (Wildman–Crippen MR) is 55.1 cm³/mol. The molecule has 0 aliphatic rings. The van der Waals surface area contributed by atoms with Crippen LogP contribution < -0.4 is 0 Å². The van der Waals surface area contributed by atoms with Crippen molar-refractivity contribution in [3.63, 3.8) is 0 Å². The second-order valence-corrected chi connectivity index (χ2v) is 2.93. The van der Waals surface area contributed by atoms with Crippen LogP contribution in [0.4, 0.5) is 4.79 Å². The lowest BCUT2D eigenvalue weighted by molar-refractivity contribution is 0.102. The van der Waals surface area contributed by atoms with Gasteiger partial charge in [0.05, 0.1) is 6.61 Å². The van der Waals surface area contributed by atoms with Gasteiger partial charge in [-0.05, 0) is 6.42 Å². The van der Waals surface area contributed by atoms with E-state index in [0.717, 1.165) is 12.8 Å². The van der Waals surface area contributed by atoms with E-state index in [0.29, 0.717) is 13.1 Å². The molecule has 0 aliphatic heterocycles. The van der Waals surface area contributed by atoms with Gasteiger partial charge in [0.25, 0.3) is 0 Å². The molecule has 0 saturated heterocycles. The van der Waals surface area contributed by atoms with E-state index in [4.69, 9.17) is 9.84 Å². The lowest BCUT2D eigenvalue weighted by Crippen LogP contribution is -2.34. The van der Waals surface area contributed by atoms with Gasteiger partial charge in [-0.2, -0.15) is 0 Å². The van der Waals surface area contributed by atoms with Crippen LogP contribution in [0.3, 0.4) is 0 Å². The number of hydrogen-bond donors (Lipinski definition) is 1. The second-order valence-electron chi connectivity index (χ2n) is 2.93. The fraction of sp³-hybridized carbons (Fsp3) is 0.700. The number of aliphatic hydroxyl groups excluding tert-OH is 1. The first-order valence-electron chi connectivity index (χ1n) is 4.89. The molecule has 0 atom stereocenters. The van der Waals surface area contributed by atoms with Crippen molar-refractivity contribution in [1.82, 2.24) is 4.90 Å². The Kier molecular flexibility index (Phi) is 7.93. The van der Waals surface area contributed by atoms with E-state index in [1.807, 2.05) is 6.92 Å². The van der Waals surface area contributed by atoms with Crippen LogP contribution >= 0.6 is 0 Å². The highest BCUT2D eigenvalue weighted by Gasteiger charge is 2.12. The normalized spacial score (nSPS) is 9.57. The first-order valence-corrected chi connectivity index (χ1v) is 4.89. The average molecular weight is 201 g/mol. The molecule has 0 aromatic carbocycles. The summed E-state index contributed by atoms with van der Waals surface area (Å²) in [5.74, 6) is 0. The van der Waals surface area contributed by atoms with E-state index in [1.54, 1.807) is 0 Å². The number of carbonyl (C=O) groups is 1. The fourth-order valence-corrected chi connectivity index (χ4v) is 0.986. The topological polar surface area (TPSA) is 49.8 Å². The van der Waals surface area contributed by atoms with Gasteiger partial charge in [0, 0.05) is 13.1 Å². The molecule has 0 radical (unpaired) electrons. The van der Waals surface area contributed by atoms with Crippen molar-refractivity contribution >= 4 is 6.09 Å². The average Bonchev–Trinajstić information content (AvgIpc) is 2.20. The van der Waals surface area contributed by atoms with Crippen molar-refractivity contribution in [2.75, 3.05) is 26.3 Å². The molecular formula is C10H19NO3. The van der Waals surface area contributed by atoms with Crippen LogP contribution in [0, 0.1) is 0 Å². The molecule has 0 spiro atoms. The van der Waals surface area contributed by atoms with Gasteiger partial charge in [0.15, 0.2) is 0 Å². The lowest BCUT2D eigenvalue weighted by atomic mass is 10.3. The Morgan fingerprint density at radius 3 is 2.79 bits per heavy atom. The van der Waals surface area contributed by atoms with E-state index in [2.05, 4.69) is 6.58 Å². The Hall–Kier alpha value is -1.03. The SMILES string of the molecule is C=CCOC(=O)N(CCO)CCCC. The van der Waals surface area contributed by atoms with Gasteiger partial charge >= 0.3 is 6.09 Å². The molecule has 82 valence electrons.